The number of anilines is 1. The molecule has 0 unspecified atom stereocenters. The van der Waals surface area contributed by atoms with Crippen LogP contribution in [-0.2, 0) is 4.79 Å². The molecule has 1 saturated carbocycles. The van der Waals surface area contributed by atoms with E-state index in [1.54, 1.807) is 0 Å². The number of primary amides is 1. The number of amides is 1. The van der Waals surface area contributed by atoms with Crippen molar-refractivity contribution in [2.24, 2.45) is 5.73 Å². The number of carbonyl (C=O) groups is 1. The molecule has 0 spiro atoms. The van der Waals surface area contributed by atoms with Gasteiger partial charge >= 0.3 is 0 Å². The summed E-state index contributed by atoms with van der Waals surface area (Å²) in [7, 11) is 0. The number of rotatable bonds is 6. The lowest BCUT2D eigenvalue weighted by Crippen LogP contribution is -2.26. The van der Waals surface area contributed by atoms with E-state index in [1.807, 2.05) is 24.3 Å². The lowest BCUT2D eigenvalue weighted by atomic mass is 9.93. The fourth-order valence-corrected chi connectivity index (χ4v) is 1.71. The van der Waals surface area contributed by atoms with Gasteiger partial charge in [-0.05, 0) is 43.5 Å². The highest BCUT2D eigenvalue weighted by atomic mass is 16.5. The Kier molecular flexibility index (Phi) is 3.85. The van der Waals surface area contributed by atoms with Crippen molar-refractivity contribution in [1.29, 1.82) is 0 Å². The Balaban J connectivity index is 1.78. The fourth-order valence-electron chi connectivity index (χ4n) is 1.71. The Bertz CT molecular complexity index is 372. The minimum Gasteiger partial charge on any atom is -0.493 e. The van der Waals surface area contributed by atoms with Gasteiger partial charge in [0.15, 0.2) is 0 Å². The van der Waals surface area contributed by atoms with Crippen LogP contribution in [0.2, 0.25) is 0 Å². The van der Waals surface area contributed by atoms with Gasteiger partial charge in [-0.15, -0.1) is 0 Å². The molecule has 4 heteroatoms. The maximum absolute atomic E-state index is 10.5. The number of nitrogens with one attached hydrogen (secondary N) is 1. The second-order valence-corrected chi connectivity index (χ2v) is 4.36. The Morgan fingerprint density at radius 2 is 2.06 bits per heavy atom. The van der Waals surface area contributed by atoms with Gasteiger partial charge < -0.3 is 15.8 Å². The van der Waals surface area contributed by atoms with Crippen LogP contribution in [0.1, 0.15) is 25.7 Å². The van der Waals surface area contributed by atoms with E-state index >= 15 is 0 Å². The summed E-state index contributed by atoms with van der Waals surface area (Å²) >= 11 is 0. The summed E-state index contributed by atoms with van der Waals surface area (Å²) in [5.41, 5.74) is 6.15. The summed E-state index contributed by atoms with van der Waals surface area (Å²) in [5.74, 6) is 0.429. The smallest absolute Gasteiger partial charge is 0.220 e. The van der Waals surface area contributed by atoms with Gasteiger partial charge in [0.05, 0.1) is 13.0 Å². The van der Waals surface area contributed by atoms with Gasteiger partial charge in [0.1, 0.15) is 5.75 Å². The van der Waals surface area contributed by atoms with E-state index in [2.05, 4.69) is 5.32 Å². The molecular formula is C13H18N2O2. The minimum absolute atomic E-state index is 0.252. The summed E-state index contributed by atoms with van der Waals surface area (Å²) in [5, 5.41) is 3.45. The van der Waals surface area contributed by atoms with Gasteiger partial charge in [-0.25, -0.2) is 0 Å². The van der Waals surface area contributed by atoms with Crippen molar-refractivity contribution in [3.63, 3.8) is 0 Å². The molecule has 92 valence electrons. The second-order valence-electron chi connectivity index (χ2n) is 4.36. The fraction of sp³-hybridized carbons (Fsp3) is 0.462. The molecule has 0 saturated heterocycles. The van der Waals surface area contributed by atoms with Crippen LogP contribution in [0, 0.1) is 0 Å². The number of hydrogen-bond acceptors (Lipinski definition) is 3. The third kappa shape index (κ3) is 3.66. The molecule has 1 fully saturated rings. The first-order valence-electron chi connectivity index (χ1n) is 6.02. The second kappa shape index (κ2) is 5.57. The Hall–Kier alpha value is -1.71. The molecule has 0 heterocycles. The summed E-state index contributed by atoms with van der Waals surface area (Å²) in [6.07, 6.45) is 4.10. The van der Waals surface area contributed by atoms with E-state index in [-0.39, 0.29) is 12.3 Å². The average molecular weight is 234 g/mol. The van der Waals surface area contributed by atoms with E-state index in [1.165, 1.54) is 19.3 Å². The van der Waals surface area contributed by atoms with Crippen molar-refractivity contribution >= 4 is 11.6 Å². The van der Waals surface area contributed by atoms with Crippen molar-refractivity contribution in [3.05, 3.63) is 24.3 Å². The molecule has 2 rings (SSSR count). The molecule has 0 radical (unpaired) electrons. The summed E-state index contributed by atoms with van der Waals surface area (Å²) in [6, 6.07) is 8.44. The normalized spacial score (nSPS) is 15.1. The standard InChI is InChI=1S/C13H18N2O2/c14-13(16)8-9-17-12-6-4-11(5-7-12)15-10-2-1-3-10/h4-7,10,15H,1-3,8-9H2,(H2,14,16). The van der Waals surface area contributed by atoms with Crippen LogP contribution in [0.4, 0.5) is 5.69 Å². The summed E-state index contributed by atoms with van der Waals surface area (Å²) < 4.78 is 5.39. The zero-order valence-corrected chi connectivity index (χ0v) is 9.82. The van der Waals surface area contributed by atoms with Gasteiger partial charge in [0.2, 0.25) is 5.91 Å². The first kappa shape index (κ1) is 11.8. The lowest BCUT2D eigenvalue weighted by molar-refractivity contribution is -0.118. The van der Waals surface area contributed by atoms with E-state index < -0.39 is 0 Å². The van der Waals surface area contributed by atoms with E-state index in [4.69, 9.17) is 10.5 Å². The van der Waals surface area contributed by atoms with E-state index in [0.717, 1.165) is 11.4 Å². The third-order valence-corrected chi connectivity index (χ3v) is 2.95. The number of nitrogens with two attached hydrogens (primary N) is 1. The zero-order chi connectivity index (χ0) is 12.1. The monoisotopic (exact) mass is 234 g/mol. The molecule has 1 aromatic carbocycles. The maximum atomic E-state index is 10.5. The Morgan fingerprint density at radius 1 is 1.35 bits per heavy atom. The SMILES string of the molecule is NC(=O)CCOc1ccc(NC2CCC2)cc1. The quantitative estimate of drug-likeness (QED) is 0.790. The molecule has 1 amide bonds. The predicted molar refractivity (Wildman–Crippen MR) is 67.0 cm³/mol. The van der Waals surface area contributed by atoms with Crippen LogP contribution in [0.25, 0.3) is 0 Å². The first-order chi connectivity index (χ1) is 8.24. The van der Waals surface area contributed by atoms with Crippen LogP contribution in [-0.4, -0.2) is 18.6 Å². The number of ether oxygens (including phenoxy) is 1. The van der Waals surface area contributed by atoms with Gasteiger partial charge in [0, 0.05) is 11.7 Å². The molecule has 1 aliphatic carbocycles. The largest absolute Gasteiger partial charge is 0.493 e. The van der Waals surface area contributed by atoms with Crippen LogP contribution < -0.4 is 15.8 Å². The molecule has 4 nitrogen and oxygen atoms in total. The number of carbonyl (C=O) groups excluding carboxylic acids is 1. The van der Waals surface area contributed by atoms with Crippen LogP contribution in [0.5, 0.6) is 5.75 Å². The molecule has 1 aliphatic rings. The van der Waals surface area contributed by atoms with Crippen LogP contribution in [0.3, 0.4) is 0 Å². The van der Waals surface area contributed by atoms with Crippen molar-refractivity contribution in [2.75, 3.05) is 11.9 Å². The maximum Gasteiger partial charge on any atom is 0.220 e. The highest BCUT2D eigenvalue weighted by Gasteiger charge is 2.16. The predicted octanol–water partition coefficient (Wildman–Crippen LogP) is 1.91. The molecule has 3 N–H and O–H groups in total. The van der Waals surface area contributed by atoms with Crippen molar-refractivity contribution in [3.8, 4) is 5.75 Å². The first-order valence-corrected chi connectivity index (χ1v) is 6.02. The van der Waals surface area contributed by atoms with E-state index in [9.17, 15) is 4.79 Å². The summed E-state index contributed by atoms with van der Waals surface area (Å²) in [4.78, 5) is 10.5. The highest BCUT2D eigenvalue weighted by Crippen LogP contribution is 2.24. The van der Waals surface area contributed by atoms with Gasteiger partial charge in [-0.1, -0.05) is 0 Å². The van der Waals surface area contributed by atoms with E-state index in [0.29, 0.717) is 12.6 Å². The number of hydrogen-bond donors (Lipinski definition) is 2. The highest BCUT2D eigenvalue weighted by molar-refractivity contribution is 5.73. The molecule has 17 heavy (non-hydrogen) atoms. The summed E-state index contributed by atoms with van der Waals surface area (Å²) in [6.45, 7) is 0.338. The Labute approximate surface area is 101 Å². The molecule has 1 aromatic rings. The van der Waals surface area contributed by atoms with Gasteiger partial charge in [0.25, 0.3) is 0 Å². The molecule has 0 bridgehead atoms. The molecule has 0 aliphatic heterocycles. The van der Waals surface area contributed by atoms with Crippen molar-refractivity contribution in [2.45, 2.75) is 31.7 Å². The van der Waals surface area contributed by atoms with Crippen LogP contribution >= 0.6 is 0 Å². The molecular weight excluding hydrogens is 216 g/mol. The topological polar surface area (TPSA) is 64.4 Å². The van der Waals surface area contributed by atoms with Crippen molar-refractivity contribution in [1.82, 2.24) is 0 Å². The van der Waals surface area contributed by atoms with Gasteiger partial charge in [-0.2, -0.15) is 0 Å². The average Bonchev–Trinajstić information content (AvgIpc) is 2.25. The van der Waals surface area contributed by atoms with Crippen LogP contribution in [0.15, 0.2) is 24.3 Å². The Morgan fingerprint density at radius 3 is 2.59 bits per heavy atom. The molecule has 0 atom stereocenters. The van der Waals surface area contributed by atoms with Gasteiger partial charge in [-0.3, -0.25) is 4.79 Å². The zero-order valence-electron chi connectivity index (χ0n) is 9.82. The minimum atomic E-state index is -0.340. The third-order valence-electron chi connectivity index (χ3n) is 2.95. The van der Waals surface area contributed by atoms with Crippen molar-refractivity contribution < 1.29 is 9.53 Å². The lowest BCUT2D eigenvalue weighted by Gasteiger charge is -2.27. The molecule has 0 aromatic heterocycles. The number of benzene rings is 1.